The molecule has 2 saturated heterocycles. The predicted molar refractivity (Wildman–Crippen MR) is 187 cm³/mol. The quantitative estimate of drug-likeness (QED) is 0.0882. The number of aliphatic hydroxyl groups is 3. The van der Waals surface area contributed by atoms with Gasteiger partial charge in [0.1, 0.15) is 6.10 Å². The lowest BCUT2D eigenvalue weighted by molar-refractivity contribution is -0.123. The summed E-state index contributed by atoms with van der Waals surface area (Å²) in [5, 5.41) is 31.7. The van der Waals surface area contributed by atoms with Gasteiger partial charge < -0.3 is 48.1 Å². The fourth-order valence-corrected chi connectivity index (χ4v) is 10.5. The lowest BCUT2D eigenvalue weighted by Crippen LogP contribution is -2.44. The van der Waals surface area contributed by atoms with Gasteiger partial charge in [0.15, 0.2) is 0 Å². The molecule has 0 aromatic heterocycles. The molecule has 5 N–H and O–H groups in total. The average Bonchev–Trinajstić information content (AvgIpc) is 3.41. The van der Waals surface area contributed by atoms with Crippen molar-refractivity contribution < 1.29 is 47.0 Å². The molecule has 0 aromatic rings. The first-order valence-corrected chi connectivity index (χ1v) is 21.9. The van der Waals surface area contributed by atoms with Crippen LogP contribution < -0.4 is 10.6 Å². The van der Waals surface area contributed by atoms with Crippen LogP contribution in [0, 0.1) is 0 Å². The van der Waals surface area contributed by atoms with Crippen LogP contribution in [0.4, 0.5) is 0 Å². The highest BCUT2D eigenvalue weighted by atomic mass is 79.9. The van der Waals surface area contributed by atoms with E-state index in [4.69, 9.17) is 37.4 Å². The molecule has 2 heterocycles. The number of aliphatic hydroxyl groups excluding tert-OH is 3. The van der Waals surface area contributed by atoms with Crippen LogP contribution in [0.5, 0.6) is 0 Å². The summed E-state index contributed by atoms with van der Waals surface area (Å²) in [7, 11) is -4.47. The molecule has 12 nitrogen and oxygen atoms in total. The van der Waals surface area contributed by atoms with Crippen molar-refractivity contribution in [1.29, 1.82) is 0 Å². The molecule has 0 radical (unpaired) electrons. The molecule has 0 aromatic carbocycles. The molecule has 2 aliphatic rings. The van der Waals surface area contributed by atoms with E-state index in [-0.39, 0.29) is 30.1 Å². The fraction of sp³-hybridized carbons (Fsp3) is 0.931. The van der Waals surface area contributed by atoms with E-state index in [2.05, 4.69) is 49.0 Å². The Kier molecular flexibility index (Phi) is 20.5. The zero-order valence-electron chi connectivity index (χ0n) is 29.1. The van der Waals surface area contributed by atoms with E-state index in [0.29, 0.717) is 26.3 Å². The lowest BCUT2D eigenvalue weighted by Gasteiger charge is -2.26. The highest BCUT2D eigenvalue weighted by molar-refractivity contribution is 9.10. The number of amides is 2. The molecular weight excluding hydrogens is 752 g/mol. The third-order valence-electron chi connectivity index (χ3n) is 6.98. The predicted octanol–water partition coefficient (Wildman–Crippen LogP) is 3.75. The summed E-state index contributed by atoms with van der Waals surface area (Å²) in [5.74, 6) is 0.00516. The SMILES string of the molecule is CCO[Si](C)(CCCNC(=O)C(C)(C)Br)OCC.C[C@@H]1O[Si]2(CCCNC(=O)C(C)(C)Br)OC1[C@@H](C)O2.C[C@H](O)C(O)[C@@H](C)O. The molecule has 0 saturated carbocycles. The Morgan fingerprint density at radius 1 is 0.844 bits per heavy atom. The number of carbonyl (C=O) groups excluding carboxylic acids is 2. The zero-order chi connectivity index (χ0) is 35.2. The molecule has 7 atom stereocenters. The zero-order valence-corrected chi connectivity index (χ0v) is 34.2. The summed E-state index contributed by atoms with van der Waals surface area (Å²) in [6.07, 6.45) is -0.675. The maximum absolute atomic E-state index is 11.7. The van der Waals surface area contributed by atoms with Gasteiger partial charge in [-0.3, -0.25) is 9.59 Å². The van der Waals surface area contributed by atoms with Gasteiger partial charge in [-0.2, -0.15) is 0 Å². The maximum Gasteiger partial charge on any atom is 0.502 e. The van der Waals surface area contributed by atoms with Crippen LogP contribution in [0.15, 0.2) is 0 Å². The molecule has 2 amide bonds. The number of hydrogen-bond donors (Lipinski definition) is 5. The normalized spacial score (nSPS) is 24.8. The third-order valence-corrected chi connectivity index (χ3v) is 13.8. The van der Waals surface area contributed by atoms with Crippen molar-refractivity contribution in [3.63, 3.8) is 0 Å². The Morgan fingerprint density at radius 2 is 1.24 bits per heavy atom. The molecule has 2 fully saturated rings. The molecule has 268 valence electrons. The minimum atomic E-state index is -2.44. The van der Waals surface area contributed by atoms with E-state index >= 15 is 0 Å². The second-order valence-corrected chi connectivity index (χ2v) is 22.4. The van der Waals surface area contributed by atoms with Crippen LogP contribution in [-0.4, -0.2) is 116 Å². The van der Waals surface area contributed by atoms with Crippen molar-refractivity contribution in [2.45, 2.75) is 146 Å². The number of fused-ring (bicyclic) bond motifs is 2. The summed E-state index contributed by atoms with van der Waals surface area (Å²) in [5.41, 5.74) is 0. The van der Waals surface area contributed by atoms with Gasteiger partial charge in [-0.25, -0.2) is 0 Å². The Morgan fingerprint density at radius 3 is 1.56 bits per heavy atom. The number of nitrogens with one attached hydrogen (secondary N) is 2. The average molecular weight is 813 g/mol. The first-order chi connectivity index (χ1) is 20.5. The molecule has 2 rings (SSSR count). The smallest absolute Gasteiger partial charge is 0.395 e. The number of carbonyl (C=O) groups is 2. The molecule has 0 spiro atoms. The minimum Gasteiger partial charge on any atom is -0.395 e. The first-order valence-electron chi connectivity index (χ1n) is 15.8. The van der Waals surface area contributed by atoms with Crippen molar-refractivity contribution in [2.75, 3.05) is 26.3 Å². The van der Waals surface area contributed by atoms with Gasteiger partial charge in [-0.05, 0) is 94.7 Å². The largest absolute Gasteiger partial charge is 0.502 e. The summed E-state index contributed by atoms with van der Waals surface area (Å²) < 4.78 is 28.1. The minimum absolute atomic E-state index is 0.00752. The van der Waals surface area contributed by atoms with Crippen molar-refractivity contribution >= 4 is 61.0 Å². The highest BCUT2D eigenvalue weighted by Crippen LogP contribution is 2.40. The Hall–Kier alpha value is 0.0138. The van der Waals surface area contributed by atoms with Gasteiger partial charge in [0.25, 0.3) is 0 Å². The molecule has 16 heteroatoms. The standard InChI is InChI=1S/C12H22BrNO4Si.C12H26BrNO3Si.C5H12O3/c1-8-10-9(2)17-19(16-8,18-10)7-5-6-14-11(15)12(3,4)13;1-6-16-18(5,17-7-2)10-8-9-14-11(15)12(3,4)13;1-3(6)5(8)4(2)7/h8-10H,5-7H2,1-4H3,(H,14,15);6-10H2,1-5H3,(H,14,15);3-8H,1-2H3/t8-,9+,10?,19?;;3-,4+,5?. The monoisotopic (exact) mass is 810 g/mol. The van der Waals surface area contributed by atoms with Crippen LogP contribution in [0.2, 0.25) is 18.6 Å². The van der Waals surface area contributed by atoms with E-state index in [1.807, 2.05) is 55.4 Å². The summed E-state index contributed by atoms with van der Waals surface area (Å²) in [6, 6.07) is 1.67. The van der Waals surface area contributed by atoms with Gasteiger partial charge >= 0.3 is 17.4 Å². The van der Waals surface area contributed by atoms with Crippen molar-refractivity contribution in [3.8, 4) is 0 Å². The molecule has 2 bridgehead atoms. The van der Waals surface area contributed by atoms with Crippen LogP contribution >= 0.6 is 31.9 Å². The van der Waals surface area contributed by atoms with Gasteiger partial charge in [-0.1, -0.05) is 31.9 Å². The van der Waals surface area contributed by atoms with Crippen LogP contribution in [-0.2, 0) is 31.7 Å². The molecule has 0 aliphatic carbocycles. The van der Waals surface area contributed by atoms with Gasteiger partial charge in [-0.15, -0.1) is 0 Å². The van der Waals surface area contributed by atoms with E-state index in [0.717, 1.165) is 24.9 Å². The van der Waals surface area contributed by atoms with Crippen LogP contribution in [0.3, 0.4) is 0 Å². The topological polar surface area (TPSA) is 165 Å². The Balaban J connectivity index is 0.000000699. The molecule has 45 heavy (non-hydrogen) atoms. The second kappa shape index (κ2) is 20.5. The summed E-state index contributed by atoms with van der Waals surface area (Å²) in [4.78, 5) is 23.3. The van der Waals surface area contributed by atoms with Crippen LogP contribution in [0.25, 0.3) is 0 Å². The second-order valence-electron chi connectivity index (χ2n) is 12.5. The van der Waals surface area contributed by atoms with Gasteiger partial charge in [0.2, 0.25) is 11.8 Å². The molecule has 3 unspecified atom stereocenters. The lowest BCUT2D eigenvalue weighted by atomic mass is 10.1. The number of rotatable bonds is 16. The van der Waals surface area contributed by atoms with Crippen LogP contribution in [0.1, 0.15) is 82.1 Å². The fourth-order valence-electron chi connectivity index (χ4n) is 4.48. The molecule has 2 aliphatic heterocycles. The number of alkyl halides is 2. The number of halogens is 2. The van der Waals surface area contributed by atoms with Gasteiger partial charge in [0.05, 0.1) is 39.2 Å². The van der Waals surface area contributed by atoms with Gasteiger partial charge in [0, 0.05) is 32.3 Å². The maximum atomic E-state index is 11.7. The van der Waals surface area contributed by atoms with Crippen molar-refractivity contribution in [3.05, 3.63) is 0 Å². The van der Waals surface area contributed by atoms with Crippen molar-refractivity contribution in [2.24, 2.45) is 0 Å². The highest BCUT2D eigenvalue weighted by Gasteiger charge is 2.60. The van der Waals surface area contributed by atoms with Crippen molar-refractivity contribution in [1.82, 2.24) is 10.6 Å². The van der Waals surface area contributed by atoms with E-state index < -0.39 is 44.3 Å². The van der Waals surface area contributed by atoms with E-state index in [1.54, 1.807) is 0 Å². The van der Waals surface area contributed by atoms with E-state index in [9.17, 15) is 9.59 Å². The first kappa shape index (κ1) is 45.0. The van der Waals surface area contributed by atoms with E-state index in [1.165, 1.54) is 13.8 Å². The Labute approximate surface area is 289 Å². The summed E-state index contributed by atoms with van der Waals surface area (Å²) in [6.45, 7) is 22.9. The molecular formula is C29H60Br2N2O10Si2. The third kappa shape index (κ3) is 17.3. The Bertz CT molecular complexity index is 849. The summed E-state index contributed by atoms with van der Waals surface area (Å²) >= 11 is 6.66. The number of hydrogen-bond acceptors (Lipinski definition) is 10.